The summed E-state index contributed by atoms with van der Waals surface area (Å²) in [5, 5.41) is 2.92. The van der Waals surface area contributed by atoms with Gasteiger partial charge in [0.15, 0.2) is 0 Å². The minimum Gasteiger partial charge on any atom is -0.351 e. The molecule has 4 nitrogen and oxygen atoms in total. The van der Waals surface area contributed by atoms with Gasteiger partial charge in [0.1, 0.15) is 6.33 Å². The summed E-state index contributed by atoms with van der Waals surface area (Å²) in [4.78, 5) is 19.6. The topological polar surface area (TPSA) is 54.9 Å². The van der Waals surface area contributed by atoms with Crippen LogP contribution in [0.2, 0.25) is 0 Å². The lowest BCUT2D eigenvalue weighted by molar-refractivity contribution is 0.0945. The number of nitrogens with zero attached hydrogens (tertiary/aromatic N) is 2. The predicted molar refractivity (Wildman–Crippen MR) is 73.8 cm³/mol. The fourth-order valence-electron chi connectivity index (χ4n) is 1.81. The molecule has 0 aliphatic rings. The number of nitrogens with one attached hydrogen (secondary N) is 1. The van der Waals surface area contributed by atoms with Crippen molar-refractivity contribution in [2.45, 2.75) is 19.3 Å². The molecule has 1 amide bonds. The van der Waals surface area contributed by atoms with Crippen molar-refractivity contribution < 1.29 is 4.79 Å². The molecule has 98 valence electrons. The lowest BCUT2D eigenvalue weighted by Crippen LogP contribution is -2.36. The first-order chi connectivity index (χ1) is 9.09. The van der Waals surface area contributed by atoms with Crippen molar-refractivity contribution >= 4 is 5.91 Å². The van der Waals surface area contributed by atoms with Crippen LogP contribution in [0.15, 0.2) is 49.1 Å². The summed E-state index contributed by atoms with van der Waals surface area (Å²) in [7, 11) is 0. The van der Waals surface area contributed by atoms with E-state index in [1.165, 1.54) is 24.3 Å². The molecule has 0 radical (unpaired) electrons. The standard InChI is InChI=1S/C15H17N3O/c1-15(2,13-6-4-3-5-7-13)10-18-14(19)12-8-16-11-17-9-12/h3-9,11H,10H2,1-2H3,(H,18,19). The Hall–Kier alpha value is -2.23. The quantitative estimate of drug-likeness (QED) is 0.911. The van der Waals surface area contributed by atoms with Gasteiger partial charge in [-0.3, -0.25) is 4.79 Å². The average molecular weight is 255 g/mol. The zero-order chi connectivity index (χ0) is 13.7. The highest BCUT2D eigenvalue weighted by Crippen LogP contribution is 2.21. The third-order valence-corrected chi connectivity index (χ3v) is 3.07. The van der Waals surface area contributed by atoms with Crippen LogP contribution >= 0.6 is 0 Å². The van der Waals surface area contributed by atoms with E-state index in [1.54, 1.807) is 0 Å². The van der Waals surface area contributed by atoms with Gasteiger partial charge in [-0.25, -0.2) is 9.97 Å². The van der Waals surface area contributed by atoms with Crippen molar-refractivity contribution in [2.24, 2.45) is 0 Å². The van der Waals surface area contributed by atoms with Crippen LogP contribution in [0, 0.1) is 0 Å². The highest BCUT2D eigenvalue weighted by Gasteiger charge is 2.21. The van der Waals surface area contributed by atoms with E-state index in [-0.39, 0.29) is 11.3 Å². The summed E-state index contributed by atoms with van der Waals surface area (Å²) in [5.41, 5.74) is 1.55. The molecule has 0 bridgehead atoms. The molecule has 2 rings (SSSR count). The van der Waals surface area contributed by atoms with Crippen molar-refractivity contribution in [1.29, 1.82) is 0 Å². The minimum absolute atomic E-state index is 0.118. The van der Waals surface area contributed by atoms with Crippen LogP contribution in [0.1, 0.15) is 29.8 Å². The van der Waals surface area contributed by atoms with Crippen molar-refractivity contribution in [3.63, 3.8) is 0 Å². The fraction of sp³-hybridized carbons (Fsp3) is 0.267. The summed E-state index contributed by atoms with van der Waals surface area (Å²) in [5.74, 6) is -0.149. The molecule has 0 aliphatic heterocycles. The van der Waals surface area contributed by atoms with Crippen LogP contribution < -0.4 is 5.32 Å². The van der Waals surface area contributed by atoms with Gasteiger partial charge in [0.25, 0.3) is 5.91 Å². The van der Waals surface area contributed by atoms with Gasteiger partial charge >= 0.3 is 0 Å². The Morgan fingerprint density at radius 2 is 1.79 bits per heavy atom. The molecule has 19 heavy (non-hydrogen) atoms. The number of benzene rings is 1. The Labute approximate surface area is 112 Å². The number of aromatic nitrogens is 2. The van der Waals surface area contributed by atoms with Crippen molar-refractivity contribution in [1.82, 2.24) is 15.3 Å². The summed E-state index contributed by atoms with van der Waals surface area (Å²) in [6.45, 7) is 4.76. The van der Waals surface area contributed by atoms with Crippen molar-refractivity contribution in [3.8, 4) is 0 Å². The number of carbonyl (C=O) groups is 1. The SMILES string of the molecule is CC(C)(CNC(=O)c1cncnc1)c1ccccc1. The van der Waals surface area contributed by atoms with Crippen molar-refractivity contribution in [2.75, 3.05) is 6.54 Å². The lowest BCUT2D eigenvalue weighted by atomic mass is 9.84. The maximum absolute atomic E-state index is 11.9. The van der Waals surface area contributed by atoms with Gasteiger partial charge in [-0.1, -0.05) is 44.2 Å². The first-order valence-electron chi connectivity index (χ1n) is 6.18. The Balaban J connectivity index is 2.01. The highest BCUT2D eigenvalue weighted by molar-refractivity contribution is 5.93. The number of carbonyl (C=O) groups excluding carboxylic acids is 1. The van der Waals surface area contributed by atoms with E-state index in [1.807, 2.05) is 18.2 Å². The van der Waals surface area contributed by atoms with Gasteiger partial charge in [0.05, 0.1) is 5.56 Å². The van der Waals surface area contributed by atoms with Crippen LogP contribution in [0.25, 0.3) is 0 Å². The summed E-state index contributed by atoms with van der Waals surface area (Å²) < 4.78 is 0. The molecule has 4 heteroatoms. The van der Waals surface area contributed by atoms with E-state index in [9.17, 15) is 4.79 Å². The maximum Gasteiger partial charge on any atom is 0.254 e. The zero-order valence-corrected chi connectivity index (χ0v) is 11.1. The molecule has 0 fully saturated rings. The smallest absolute Gasteiger partial charge is 0.254 e. The Morgan fingerprint density at radius 3 is 2.42 bits per heavy atom. The predicted octanol–water partition coefficient (Wildman–Crippen LogP) is 2.18. The molecule has 1 heterocycles. The van der Waals surface area contributed by atoms with Gasteiger partial charge < -0.3 is 5.32 Å². The molecular weight excluding hydrogens is 238 g/mol. The third-order valence-electron chi connectivity index (χ3n) is 3.07. The summed E-state index contributed by atoms with van der Waals surface area (Å²) in [6.07, 6.45) is 4.43. The third kappa shape index (κ3) is 3.37. The molecule has 0 atom stereocenters. The Kier molecular flexibility index (Phi) is 3.90. The minimum atomic E-state index is -0.149. The fourth-order valence-corrected chi connectivity index (χ4v) is 1.81. The van der Waals surface area contributed by atoms with Gasteiger partial charge in [-0.2, -0.15) is 0 Å². The molecule has 0 spiro atoms. The maximum atomic E-state index is 11.9. The van der Waals surface area contributed by atoms with E-state index < -0.39 is 0 Å². The Bertz CT molecular complexity index is 538. The number of hydrogen-bond acceptors (Lipinski definition) is 3. The van der Waals surface area contributed by atoms with E-state index >= 15 is 0 Å². The molecule has 0 saturated heterocycles. The van der Waals surface area contributed by atoms with Crippen LogP contribution in [-0.2, 0) is 5.41 Å². The van der Waals surface area contributed by atoms with E-state index in [4.69, 9.17) is 0 Å². The first-order valence-corrected chi connectivity index (χ1v) is 6.18. The first kappa shape index (κ1) is 13.2. The Morgan fingerprint density at radius 1 is 1.16 bits per heavy atom. The largest absolute Gasteiger partial charge is 0.351 e. The molecule has 0 saturated carbocycles. The lowest BCUT2D eigenvalue weighted by Gasteiger charge is -2.25. The van der Waals surface area contributed by atoms with E-state index in [2.05, 4.69) is 41.3 Å². The van der Waals surface area contributed by atoms with Crippen LogP contribution in [-0.4, -0.2) is 22.4 Å². The second-order valence-electron chi connectivity index (χ2n) is 5.06. The normalized spacial score (nSPS) is 11.1. The molecule has 0 aliphatic carbocycles. The van der Waals surface area contributed by atoms with Gasteiger partial charge in [-0.05, 0) is 5.56 Å². The number of amides is 1. The van der Waals surface area contributed by atoms with Crippen LogP contribution in [0.4, 0.5) is 0 Å². The molecular formula is C15H17N3O. The van der Waals surface area contributed by atoms with Gasteiger partial charge in [-0.15, -0.1) is 0 Å². The summed E-state index contributed by atoms with van der Waals surface area (Å²) in [6, 6.07) is 10.1. The molecule has 1 aromatic carbocycles. The molecule has 0 unspecified atom stereocenters. The molecule has 2 aromatic rings. The van der Waals surface area contributed by atoms with Crippen LogP contribution in [0.3, 0.4) is 0 Å². The van der Waals surface area contributed by atoms with Crippen molar-refractivity contribution in [3.05, 3.63) is 60.2 Å². The van der Waals surface area contributed by atoms with E-state index in [0.29, 0.717) is 12.1 Å². The highest BCUT2D eigenvalue weighted by atomic mass is 16.1. The second-order valence-corrected chi connectivity index (χ2v) is 5.06. The van der Waals surface area contributed by atoms with Gasteiger partial charge in [0.2, 0.25) is 0 Å². The monoisotopic (exact) mass is 255 g/mol. The number of rotatable bonds is 4. The van der Waals surface area contributed by atoms with Crippen LogP contribution in [0.5, 0.6) is 0 Å². The second kappa shape index (κ2) is 5.61. The molecule has 1 aromatic heterocycles. The van der Waals surface area contributed by atoms with E-state index in [0.717, 1.165) is 0 Å². The average Bonchev–Trinajstić information content (AvgIpc) is 2.47. The zero-order valence-electron chi connectivity index (χ0n) is 11.1. The van der Waals surface area contributed by atoms with Gasteiger partial charge in [0, 0.05) is 24.4 Å². The number of hydrogen-bond donors (Lipinski definition) is 1. The summed E-state index contributed by atoms with van der Waals surface area (Å²) >= 11 is 0. The molecule has 1 N–H and O–H groups in total.